The number of anilines is 2. The fourth-order valence-corrected chi connectivity index (χ4v) is 4.20. The van der Waals surface area contributed by atoms with Crippen molar-refractivity contribution in [1.29, 1.82) is 0 Å². The first kappa shape index (κ1) is 19.4. The predicted molar refractivity (Wildman–Crippen MR) is 116 cm³/mol. The maximum Gasteiger partial charge on any atom is 0.230 e. The molecule has 0 radical (unpaired) electrons. The monoisotopic (exact) mass is 416 g/mol. The number of carbonyl (C=O) groups excluding carboxylic acids is 2. The summed E-state index contributed by atoms with van der Waals surface area (Å²) in [7, 11) is 0. The summed E-state index contributed by atoms with van der Waals surface area (Å²) < 4.78 is 1.79. The van der Waals surface area contributed by atoms with Gasteiger partial charge in [0.2, 0.25) is 11.8 Å². The molecule has 5 rings (SSSR count). The number of amides is 2. The molecule has 1 fully saturated rings. The first-order valence-electron chi connectivity index (χ1n) is 10.5. The Morgan fingerprint density at radius 1 is 1.10 bits per heavy atom. The summed E-state index contributed by atoms with van der Waals surface area (Å²) >= 11 is 0. The molecule has 1 unspecified atom stereocenters. The Balaban J connectivity index is 1.50. The van der Waals surface area contributed by atoms with Crippen LogP contribution in [0.4, 0.5) is 11.4 Å². The van der Waals surface area contributed by atoms with Crippen molar-refractivity contribution in [2.45, 2.75) is 39.3 Å². The van der Waals surface area contributed by atoms with E-state index in [1.807, 2.05) is 36.2 Å². The molecule has 8 heteroatoms. The third-order valence-electron chi connectivity index (χ3n) is 5.83. The van der Waals surface area contributed by atoms with Crippen LogP contribution in [0.1, 0.15) is 32.5 Å². The number of hydrogen-bond donors (Lipinski definition) is 0. The highest BCUT2D eigenvalue weighted by atomic mass is 16.2. The number of nitrogens with zero attached hydrogens (tertiary/aromatic N) is 6. The van der Waals surface area contributed by atoms with E-state index in [9.17, 15) is 9.59 Å². The van der Waals surface area contributed by atoms with Crippen molar-refractivity contribution in [3.05, 3.63) is 54.9 Å². The standard InChI is InChI=1S/C23H24N6O2/c1-15-12-28(23(31)17-4-5-17)21-10-18(6-7-20(21)29(15)16(2)30)19-11-26-27(13-19)14-22-24-8-3-9-25-22/h3,6-11,13,15,17H,4-5,12,14H2,1-2H3. The molecule has 0 saturated heterocycles. The second-order valence-electron chi connectivity index (χ2n) is 8.26. The van der Waals surface area contributed by atoms with Crippen molar-refractivity contribution in [1.82, 2.24) is 19.7 Å². The third-order valence-corrected chi connectivity index (χ3v) is 5.83. The molecule has 3 heterocycles. The molecule has 1 saturated carbocycles. The van der Waals surface area contributed by atoms with E-state index in [0.717, 1.165) is 35.3 Å². The molecule has 1 atom stereocenters. The molecule has 158 valence electrons. The molecule has 3 aromatic rings. The van der Waals surface area contributed by atoms with Gasteiger partial charge in [0.1, 0.15) is 12.4 Å². The summed E-state index contributed by atoms with van der Waals surface area (Å²) in [6, 6.07) is 7.63. The number of rotatable bonds is 4. The molecule has 1 aliphatic carbocycles. The lowest BCUT2D eigenvalue weighted by atomic mass is 10.0. The summed E-state index contributed by atoms with van der Waals surface area (Å²) in [6.07, 6.45) is 9.06. The normalized spacial score (nSPS) is 18.1. The first-order chi connectivity index (χ1) is 15.0. The topological polar surface area (TPSA) is 84.2 Å². The predicted octanol–water partition coefficient (Wildman–Crippen LogP) is 2.89. The van der Waals surface area contributed by atoms with Gasteiger partial charge in [-0.1, -0.05) is 6.07 Å². The minimum atomic E-state index is -0.0628. The van der Waals surface area contributed by atoms with Crippen LogP contribution in [0, 0.1) is 5.92 Å². The van der Waals surface area contributed by atoms with Gasteiger partial charge in [-0.15, -0.1) is 0 Å². The molecule has 1 aliphatic heterocycles. The number of hydrogen-bond acceptors (Lipinski definition) is 5. The summed E-state index contributed by atoms with van der Waals surface area (Å²) in [4.78, 5) is 37.5. The van der Waals surface area contributed by atoms with Gasteiger partial charge in [-0.05, 0) is 43.5 Å². The first-order valence-corrected chi connectivity index (χ1v) is 10.5. The van der Waals surface area contributed by atoms with E-state index in [-0.39, 0.29) is 23.8 Å². The number of benzene rings is 1. The van der Waals surface area contributed by atoms with Crippen molar-refractivity contribution in [3.8, 4) is 11.1 Å². The molecular weight excluding hydrogens is 392 g/mol. The molecule has 0 bridgehead atoms. The molecule has 0 spiro atoms. The van der Waals surface area contributed by atoms with Gasteiger partial charge in [-0.3, -0.25) is 14.3 Å². The van der Waals surface area contributed by atoms with Gasteiger partial charge in [0.25, 0.3) is 0 Å². The van der Waals surface area contributed by atoms with E-state index in [1.165, 1.54) is 0 Å². The SMILES string of the molecule is CC(=O)N1c2ccc(-c3cnn(Cc4ncccn4)c3)cc2N(C(=O)C2CC2)CC1C. The average Bonchev–Trinajstić information content (AvgIpc) is 3.52. The fourth-order valence-electron chi connectivity index (χ4n) is 4.20. The minimum absolute atomic E-state index is 0.0179. The smallest absolute Gasteiger partial charge is 0.230 e. The maximum absolute atomic E-state index is 13.0. The van der Waals surface area contributed by atoms with Crippen molar-refractivity contribution < 1.29 is 9.59 Å². The van der Waals surface area contributed by atoms with Crippen molar-refractivity contribution in [3.63, 3.8) is 0 Å². The van der Waals surface area contributed by atoms with Crippen molar-refractivity contribution in [2.24, 2.45) is 5.92 Å². The minimum Gasteiger partial charge on any atom is -0.308 e. The highest BCUT2D eigenvalue weighted by Gasteiger charge is 2.39. The average molecular weight is 416 g/mol. The van der Waals surface area contributed by atoms with Crippen LogP contribution in [-0.2, 0) is 16.1 Å². The lowest BCUT2D eigenvalue weighted by Gasteiger charge is -2.41. The van der Waals surface area contributed by atoms with Crippen LogP contribution in [-0.4, -0.2) is 44.1 Å². The van der Waals surface area contributed by atoms with E-state index in [1.54, 1.807) is 41.2 Å². The summed E-state index contributed by atoms with van der Waals surface area (Å²) in [6.45, 7) is 4.55. The van der Waals surface area contributed by atoms with Crippen LogP contribution < -0.4 is 9.80 Å². The molecule has 2 aliphatic rings. The van der Waals surface area contributed by atoms with Gasteiger partial charge >= 0.3 is 0 Å². The highest BCUT2D eigenvalue weighted by molar-refractivity contribution is 6.06. The maximum atomic E-state index is 13.0. The summed E-state index contributed by atoms with van der Waals surface area (Å²) in [5.74, 6) is 0.942. The zero-order valence-electron chi connectivity index (χ0n) is 17.6. The van der Waals surface area contributed by atoms with Gasteiger partial charge < -0.3 is 9.80 Å². The molecule has 0 N–H and O–H groups in total. The van der Waals surface area contributed by atoms with E-state index < -0.39 is 0 Å². The molecular formula is C23H24N6O2. The second-order valence-corrected chi connectivity index (χ2v) is 8.26. The Hall–Kier alpha value is -3.55. The number of fused-ring (bicyclic) bond motifs is 1. The summed E-state index contributed by atoms with van der Waals surface area (Å²) in [5, 5.41) is 4.44. The van der Waals surface area contributed by atoms with Gasteiger partial charge in [-0.2, -0.15) is 5.10 Å². The summed E-state index contributed by atoms with van der Waals surface area (Å²) in [5.41, 5.74) is 3.46. The number of aromatic nitrogens is 4. The second kappa shape index (κ2) is 7.61. The largest absolute Gasteiger partial charge is 0.308 e. The highest BCUT2D eigenvalue weighted by Crippen LogP contribution is 2.42. The van der Waals surface area contributed by atoms with Gasteiger partial charge in [0, 0.05) is 43.5 Å². The third kappa shape index (κ3) is 3.69. The Kier molecular flexibility index (Phi) is 4.77. The Morgan fingerprint density at radius 3 is 2.58 bits per heavy atom. The van der Waals surface area contributed by atoms with Gasteiger partial charge in [0.15, 0.2) is 0 Å². The molecule has 1 aromatic carbocycles. The van der Waals surface area contributed by atoms with E-state index in [0.29, 0.717) is 18.9 Å². The lowest BCUT2D eigenvalue weighted by Crippen LogP contribution is -2.51. The molecule has 31 heavy (non-hydrogen) atoms. The molecule has 2 aromatic heterocycles. The fraction of sp³-hybridized carbons (Fsp3) is 0.348. The zero-order valence-corrected chi connectivity index (χ0v) is 17.6. The van der Waals surface area contributed by atoms with Crippen LogP contribution in [0.3, 0.4) is 0 Å². The van der Waals surface area contributed by atoms with E-state index in [4.69, 9.17) is 0 Å². The van der Waals surface area contributed by atoms with Crippen LogP contribution in [0.25, 0.3) is 11.1 Å². The lowest BCUT2D eigenvalue weighted by molar-refractivity contribution is -0.120. The van der Waals surface area contributed by atoms with Crippen LogP contribution in [0.2, 0.25) is 0 Å². The molecule has 2 amide bonds. The van der Waals surface area contributed by atoms with E-state index in [2.05, 4.69) is 15.1 Å². The zero-order chi connectivity index (χ0) is 21.5. The van der Waals surface area contributed by atoms with Crippen LogP contribution in [0.5, 0.6) is 0 Å². The Morgan fingerprint density at radius 2 is 1.87 bits per heavy atom. The Bertz CT molecular complexity index is 1140. The van der Waals surface area contributed by atoms with E-state index >= 15 is 0 Å². The number of carbonyl (C=O) groups is 2. The van der Waals surface area contributed by atoms with Gasteiger partial charge in [-0.25, -0.2) is 9.97 Å². The quantitative estimate of drug-likeness (QED) is 0.653. The van der Waals surface area contributed by atoms with Crippen molar-refractivity contribution in [2.75, 3.05) is 16.3 Å². The van der Waals surface area contributed by atoms with Crippen LogP contribution >= 0.6 is 0 Å². The Labute approximate surface area is 180 Å². The van der Waals surface area contributed by atoms with Crippen molar-refractivity contribution >= 4 is 23.2 Å². The molecule has 8 nitrogen and oxygen atoms in total. The van der Waals surface area contributed by atoms with Crippen LogP contribution in [0.15, 0.2) is 49.1 Å². The van der Waals surface area contributed by atoms with Gasteiger partial charge in [0.05, 0.1) is 23.6 Å².